The van der Waals surface area contributed by atoms with Gasteiger partial charge in [-0.25, -0.2) is 8.78 Å². The van der Waals surface area contributed by atoms with Gasteiger partial charge < -0.3 is 10.6 Å². The average molecular weight is 282 g/mol. The molecule has 1 amide bonds. The molecule has 1 unspecified atom stereocenters. The topological polar surface area (TPSA) is 41.1 Å². The largest absolute Gasteiger partial charge is 0.351 e. The van der Waals surface area contributed by atoms with Crippen molar-refractivity contribution in [1.29, 1.82) is 0 Å². The lowest BCUT2D eigenvalue weighted by molar-refractivity contribution is 0.0916. The molecule has 1 heterocycles. The highest BCUT2D eigenvalue weighted by Gasteiger charge is 2.28. The Labute approximate surface area is 117 Å². The van der Waals surface area contributed by atoms with E-state index in [1.165, 1.54) is 13.0 Å². The number of piperidine rings is 1. The molecule has 1 aromatic rings. The van der Waals surface area contributed by atoms with Gasteiger partial charge >= 0.3 is 0 Å². The van der Waals surface area contributed by atoms with Gasteiger partial charge in [-0.05, 0) is 43.4 Å². The fraction of sp³-hybridized carbons (Fsp3) is 0.533. The normalized spacial score (nSPS) is 22.6. The van der Waals surface area contributed by atoms with Gasteiger partial charge in [0.15, 0.2) is 0 Å². The zero-order chi connectivity index (χ0) is 14.8. The maximum Gasteiger partial charge on any atom is 0.257 e. The van der Waals surface area contributed by atoms with E-state index < -0.39 is 23.1 Å². The van der Waals surface area contributed by atoms with Crippen molar-refractivity contribution in [2.24, 2.45) is 5.41 Å². The molecular formula is C15H20F2N2O. The van der Waals surface area contributed by atoms with Crippen molar-refractivity contribution in [3.8, 4) is 0 Å². The van der Waals surface area contributed by atoms with Crippen LogP contribution in [0.4, 0.5) is 8.78 Å². The zero-order valence-electron chi connectivity index (χ0n) is 11.9. The third-order valence-electron chi connectivity index (χ3n) is 3.87. The summed E-state index contributed by atoms with van der Waals surface area (Å²) in [7, 11) is 0. The minimum Gasteiger partial charge on any atom is -0.351 e. The maximum atomic E-state index is 13.9. The Morgan fingerprint density at radius 2 is 2.20 bits per heavy atom. The molecule has 20 heavy (non-hydrogen) atoms. The molecule has 2 rings (SSSR count). The molecule has 110 valence electrons. The molecule has 1 fully saturated rings. The van der Waals surface area contributed by atoms with Crippen LogP contribution in [0, 0.1) is 24.0 Å². The number of hydrogen-bond acceptors (Lipinski definition) is 2. The van der Waals surface area contributed by atoms with Crippen molar-refractivity contribution >= 4 is 5.91 Å². The Bertz CT molecular complexity index is 511. The molecule has 0 radical (unpaired) electrons. The van der Waals surface area contributed by atoms with E-state index in [9.17, 15) is 13.6 Å². The molecular weight excluding hydrogens is 262 g/mol. The number of aryl methyl sites for hydroxylation is 1. The lowest BCUT2D eigenvalue weighted by atomic mass is 9.83. The number of benzene rings is 1. The Hall–Kier alpha value is -1.49. The van der Waals surface area contributed by atoms with E-state index in [4.69, 9.17) is 0 Å². The summed E-state index contributed by atoms with van der Waals surface area (Å²) in [5.74, 6) is -2.29. The molecule has 0 aromatic heterocycles. The molecule has 1 saturated heterocycles. The number of carbonyl (C=O) groups excluding carboxylic acids is 1. The first-order valence-electron chi connectivity index (χ1n) is 6.86. The van der Waals surface area contributed by atoms with Gasteiger partial charge in [0.25, 0.3) is 5.91 Å². The second-order valence-corrected chi connectivity index (χ2v) is 5.83. The Morgan fingerprint density at radius 1 is 1.45 bits per heavy atom. The predicted molar refractivity (Wildman–Crippen MR) is 73.6 cm³/mol. The van der Waals surface area contributed by atoms with Crippen LogP contribution in [0.25, 0.3) is 0 Å². The molecule has 0 aliphatic carbocycles. The summed E-state index contributed by atoms with van der Waals surface area (Å²) < 4.78 is 27.5. The molecule has 5 heteroatoms. The maximum absolute atomic E-state index is 13.9. The Morgan fingerprint density at radius 3 is 2.85 bits per heavy atom. The summed E-state index contributed by atoms with van der Waals surface area (Å²) in [6.45, 7) is 5.75. The van der Waals surface area contributed by atoms with Crippen molar-refractivity contribution < 1.29 is 13.6 Å². The Kier molecular flexibility index (Phi) is 4.38. The first-order valence-corrected chi connectivity index (χ1v) is 6.86. The van der Waals surface area contributed by atoms with Crippen LogP contribution in [-0.2, 0) is 0 Å². The number of halogens is 2. The first-order chi connectivity index (χ1) is 9.43. The van der Waals surface area contributed by atoms with Gasteiger partial charge in [0.1, 0.15) is 17.2 Å². The van der Waals surface area contributed by atoms with Gasteiger partial charge in [0.2, 0.25) is 0 Å². The smallest absolute Gasteiger partial charge is 0.257 e. The van der Waals surface area contributed by atoms with E-state index in [0.29, 0.717) is 6.54 Å². The van der Waals surface area contributed by atoms with Crippen LogP contribution in [0.2, 0.25) is 0 Å². The number of carbonyl (C=O) groups is 1. The predicted octanol–water partition coefficient (Wildman–Crippen LogP) is 2.39. The molecule has 1 atom stereocenters. The highest BCUT2D eigenvalue weighted by molar-refractivity contribution is 5.95. The van der Waals surface area contributed by atoms with E-state index in [0.717, 1.165) is 32.0 Å². The van der Waals surface area contributed by atoms with Crippen LogP contribution < -0.4 is 10.6 Å². The lowest BCUT2D eigenvalue weighted by Crippen LogP contribution is -2.45. The third kappa shape index (κ3) is 3.15. The summed E-state index contributed by atoms with van der Waals surface area (Å²) in [5.41, 5.74) is -0.288. The van der Waals surface area contributed by atoms with Gasteiger partial charge in [-0.1, -0.05) is 13.0 Å². The summed E-state index contributed by atoms with van der Waals surface area (Å²) in [6, 6.07) is 2.45. The molecule has 0 bridgehead atoms. The fourth-order valence-electron chi connectivity index (χ4n) is 2.52. The molecule has 2 N–H and O–H groups in total. The average Bonchev–Trinajstić information content (AvgIpc) is 2.42. The molecule has 3 nitrogen and oxygen atoms in total. The second-order valence-electron chi connectivity index (χ2n) is 5.83. The van der Waals surface area contributed by atoms with Crippen molar-refractivity contribution in [3.05, 3.63) is 34.9 Å². The molecule has 1 aromatic carbocycles. The van der Waals surface area contributed by atoms with Gasteiger partial charge in [-0.2, -0.15) is 0 Å². The quantitative estimate of drug-likeness (QED) is 0.894. The van der Waals surface area contributed by atoms with Crippen molar-refractivity contribution in [1.82, 2.24) is 10.6 Å². The standard InChI is InChI=1S/C15H20F2N2O/c1-10-4-5-11(16)12(13(10)17)14(20)19-9-15(2)6-3-7-18-8-15/h4-5,18H,3,6-9H2,1-2H3,(H,19,20). The van der Waals surface area contributed by atoms with Crippen LogP contribution in [0.1, 0.15) is 35.7 Å². The van der Waals surface area contributed by atoms with Crippen molar-refractivity contribution in [2.45, 2.75) is 26.7 Å². The van der Waals surface area contributed by atoms with Crippen LogP contribution in [0.5, 0.6) is 0 Å². The third-order valence-corrected chi connectivity index (χ3v) is 3.87. The SMILES string of the molecule is Cc1ccc(F)c(C(=O)NCC2(C)CCCNC2)c1F. The molecule has 0 spiro atoms. The fourth-order valence-corrected chi connectivity index (χ4v) is 2.52. The van der Waals surface area contributed by atoms with Crippen molar-refractivity contribution in [2.75, 3.05) is 19.6 Å². The second kappa shape index (κ2) is 5.87. The lowest BCUT2D eigenvalue weighted by Gasteiger charge is -2.34. The monoisotopic (exact) mass is 282 g/mol. The minimum absolute atomic E-state index is 0.0648. The summed E-state index contributed by atoms with van der Waals surface area (Å²) in [5, 5.41) is 5.93. The highest BCUT2D eigenvalue weighted by Crippen LogP contribution is 2.24. The van der Waals surface area contributed by atoms with E-state index in [2.05, 4.69) is 17.6 Å². The zero-order valence-corrected chi connectivity index (χ0v) is 11.9. The first kappa shape index (κ1) is 14.9. The van der Waals surface area contributed by atoms with Crippen LogP contribution in [0.3, 0.4) is 0 Å². The van der Waals surface area contributed by atoms with E-state index in [-0.39, 0.29) is 11.0 Å². The number of rotatable bonds is 3. The van der Waals surface area contributed by atoms with Crippen molar-refractivity contribution in [3.63, 3.8) is 0 Å². The number of hydrogen-bond donors (Lipinski definition) is 2. The highest BCUT2D eigenvalue weighted by atomic mass is 19.1. The summed E-state index contributed by atoms with van der Waals surface area (Å²) >= 11 is 0. The van der Waals surface area contributed by atoms with Gasteiger partial charge in [-0.15, -0.1) is 0 Å². The van der Waals surface area contributed by atoms with Crippen LogP contribution in [0.15, 0.2) is 12.1 Å². The van der Waals surface area contributed by atoms with Crippen LogP contribution >= 0.6 is 0 Å². The Balaban J connectivity index is 2.07. The number of nitrogens with one attached hydrogen (secondary N) is 2. The van der Waals surface area contributed by atoms with E-state index in [1.54, 1.807) is 0 Å². The molecule has 0 saturated carbocycles. The molecule has 1 aliphatic rings. The van der Waals surface area contributed by atoms with Crippen LogP contribution in [-0.4, -0.2) is 25.5 Å². The van der Waals surface area contributed by atoms with Gasteiger partial charge in [0, 0.05) is 13.1 Å². The van der Waals surface area contributed by atoms with E-state index in [1.807, 2.05) is 0 Å². The minimum atomic E-state index is -0.822. The number of amides is 1. The summed E-state index contributed by atoms with van der Waals surface area (Å²) in [6.07, 6.45) is 2.03. The summed E-state index contributed by atoms with van der Waals surface area (Å²) in [4.78, 5) is 12.0. The van der Waals surface area contributed by atoms with E-state index >= 15 is 0 Å². The van der Waals surface area contributed by atoms with Gasteiger partial charge in [-0.3, -0.25) is 4.79 Å². The molecule has 1 aliphatic heterocycles. The van der Waals surface area contributed by atoms with Gasteiger partial charge in [0.05, 0.1) is 0 Å².